The summed E-state index contributed by atoms with van der Waals surface area (Å²) >= 11 is 0. The summed E-state index contributed by atoms with van der Waals surface area (Å²) in [4.78, 5) is 11.2. The topological polar surface area (TPSA) is 64.3 Å². The molecule has 0 saturated heterocycles. The van der Waals surface area contributed by atoms with Gasteiger partial charge in [-0.05, 0) is 23.1 Å². The number of carbonyl (C=O) groups excluding carboxylic acids is 1. The molecule has 4 nitrogen and oxygen atoms in total. The highest BCUT2D eigenvalue weighted by molar-refractivity contribution is 5.97. The summed E-state index contributed by atoms with van der Waals surface area (Å²) < 4.78 is 5.30. The first-order valence-corrected chi connectivity index (χ1v) is 5.24. The van der Waals surface area contributed by atoms with Gasteiger partial charge in [0.25, 0.3) is 5.91 Å². The van der Waals surface area contributed by atoms with E-state index in [-0.39, 0.29) is 17.9 Å². The van der Waals surface area contributed by atoms with Gasteiger partial charge in [0.1, 0.15) is 0 Å². The minimum absolute atomic E-state index is 0.00861. The summed E-state index contributed by atoms with van der Waals surface area (Å²) in [5.41, 5.74) is 8.22. The second-order valence-electron chi connectivity index (χ2n) is 5.03. The van der Waals surface area contributed by atoms with Crippen LogP contribution in [0.1, 0.15) is 26.3 Å². The van der Waals surface area contributed by atoms with Gasteiger partial charge in [0.2, 0.25) is 0 Å². The van der Waals surface area contributed by atoms with Crippen molar-refractivity contribution in [2.75, 3.05) is 17.7 Å². The van der Waals surface area contributed by atoms with Crippen LogP contribution in [0.5, 0.6) is 5.75 Å². The molecule has 0 saturated carbocycles. The Labute approximate surface area is 94.8 Å². The second kappa shape index (κ2) is 3.40. The van der Waals surface area contributed by atoms with Gasteiger partial charge in [-0.25, -0.2) is 0 Å². The lowest BCUT2D eigenvalue weighted by Gasteiger charge is -2.25. The molecule has 0 spiro atoms. The van der Waals surface area contributed by atoms with Crippen LogP contribution in [0.25, 0.3) is 0 Å². The zero-order chi connectivity index (χ0) is 11.9. The average Bonchev–Trinajstić information content (AvgIpc) is 2.15. The molecule has 3 N–H and O–H groups in total. The fourth-order valence-electron chi connectivity index (χ4n) is 1.66. The number of nitrogens with one attached hydrogen (secondary N) is 1. The van der Waals surface area contributed by atoms with E-state index in [0.29, 0.717) is 17.1 Å². The molecule has 0 radical (unpaired) electrons. The van der Waals surface area contributed by atoms with Crippen LogP contribution in [0, 0.1) is 0 Å². The van der Waals surface area contributed by atoms with Crippen LogP contribution in [0.2, 0.25) is 0 Å². The number of rotatable bonds is 0. The maximum atomic E-state index is 11.2. The van der Waals surface area contributed by atoms with Crippen molar-refractivity contribution in [1.82, 2.24) is 0 Å². The third-order valence-corrected chi connectivity index (χ3v) is 2.61. The first-order chi connectivity index (χ1) is 7.38. The van der Waals surface area contributed by atoms with Gasteiger partial charge in [-0.15, -0.1) is 0 Å². The molecule has 1 aromatic rings. The van der Waals surface area contributed by atoms with E-state index in [0.717, 1.165) is 5.56 Å². The monoisotopic (exact) mass is 220 g/mol. The molecule has 16 heavy (non-hydrogen) atoms. The summed E-state index contributed by atoms with van der Waals surface area (Å²) in [5, 5.41) is 2.77. The predicted octanol–water partition coefficient (Wildman–Crippen LogP) is 1.90. The molecule has 2 rings (SSSR count). The molecule has 0 aliphatic carbocycles. The lowest BCUT2D eigenvalue weighted by Crippen LogP contribution is -2.26. The van der Waals surface area contributed by atoms with Crippen molar-refractivity contribution in [3.05, 3.63) is 17.7 Å². The van der Waals surface area contributed by atoms with E-state index < -0.39 is 0 Å². The van der Waals surface area contributed by atoms with E-state index in [9.17, 15) is 4.79 Å². The van der Waals surface area contributed by atoms with Crippen molar-refractivity contribution in [2.24, 2.45) is 0 Å². The van der Waals surface area contributed by atoms with Crippen LogP contribution < -0.4 is 15.8 Å². The molecule has 0 atom stereocenters. The lowest BCUT2D eigenvalue weighted by molar-refractivity contribution is -0.118. The average molecular weight is 220 g/mol. The predicted molar refractivity (Wildman–Crippen MR) is 63.7 cm³/mol. The van der Waals surface area contributed by atoms with Crippen LogP contribution in [-0.4, -0.2) is 12.5 Å². The molecule has 0 bridgehead atoms. The summed E-state index contributed by atoms with van der Waals surface area (Å²) in [7, 11) is 0. The SMILES string of the molecule is CC(C)(C)c1cc(N)c2c(c1)NC(=O)CO2. The summed E-state index contributed by atoms with van der Waals surface area (Å²) in [6.07, 6.45) is 0. The van der Waals surface area contributed by atoms with E-state index >= 15 is 0 Å². The summed E-state index contributed by atoms with van der Waals surface area (Å²) in [6, 6.07) is 3.82. The largest absolute Gasteiger partial charge is 0.479 e. The highest BCUT2D eigenvalue weighted by Crippen LogP contribution is 2.38. The third-order valence-electron chi connectivity index (χ3n) is 2.61. The number of ether oxygens (including phenoxy) is 1. The number of benzene rings is 1. The van der Waals surface area contributed by atoms with Crippen LogP contribution in [0.15, 0.2) is 12.1 Å². The summed E-state index contributed by atoms with van der Waals surface area (Å²) in [6.45, 7) is 6.32. The number of nitrogen functional groups attached to an aromatic ring is 1. The molecule has 4 heteroatoms. The number of anilines is 2. The number of hydrogen-bond donors (Lipinski definition) is 2. The Balaban J connectivity index is 2.52. The summed E-state index contributed by atoms with van der Waals surface area (Å²) in [5.74, 6) is 0.436. The molecule has 0 unspecified atom stereocenters. The second-order valence-corrected chi connectivity index (χ2v) is 5.03. The van der Waals surface area contributed by atoms with E-state index in [1.807, 2.05) is 12.1 Å². The van der Waals surface area contributed by atoms with E-state index in [1.165, 1.54) is 0 Å². The molecule has 1 heterocycles. The standard InChI is InChI=1S/C12H16N2O2/c1-12(2,3)7-4-8(13)11-9(5-7)14-10(15)6-16-11/h4-5H,6,13H2,1-3H3,(H,14,15). The minimum Gasteiger partial charge on any atom is -0.479 e. The first kappa shape index (κ1) is 10.8. The molecule has 86 valence electrons. The lowest BCUT2D eigenvalue weighted by atomic mass is 9.86. The molecule has 1 amide bonds. The Hall–Kier alpha value is -1.71. The smallest absolute Gasteiger partial charge is 0.262 e. The molecule has 1 aliphatic rings. The van der Waals surface area contributed by atoms with E-state index in [1.54, 1.807) is 0 Å². The molecule has 1 aromatic carbocycles. The minimum atomic E-state index is -0.141. The molecular weight excluding hydrogens is 204 g/mol. The van der Waals surface area contributed by atoms with Crippen molar-refractivity contribution in [2.45, 2.75) is 26.2 Å². The van der Waals surface area contributed by atoms with Gasteiger partial charge in [0, 0.05) is 0 Å². The first-order valence-electron chi connectivity index (χ1n) is 5.24. The van der Waals surface area contributed by atoms with Crippen LogP contribution in [-0.2, 0) is 10.2 Å². The Kier molecular flexibility index (Phi) is 2.30. The van der Waals surface area contributed by atoms with Gasteiger partial charge in [-0.1, -0.05) is 20.8 Å². The van der Waals surface area contributed by atoms with Gasteiger partial charge in [0.15, 0.2) is 12.4 Å². The maximum absolute atomic E-state index is 11.2. The molecular formula is C12H16N2O2. The maximum Gasteiger partial charge on any atom is 0.262 e. The molecule has 0 aromatic heterocycles. The number of carbonyl (C=O) groups is 1. The van der Waals surface area contributed by atoms with E-state index in [2.05, 4.69) is 26.1 Å². The third kappa shape index (κ3) is 1.83. The number of hydrogen-bond acceptors (Lipinski definition) is 3. The fraction of sp³-hybridized carbons (Fsp3) is 0.417. The van der Waals surface area contributed by atoms with Gasteiger partial charge in [0.05, 0.1) is 11.4 Å². The number of fused-ring (bicyclic) bond motifs is 1. The van der Waals surface area contributed by atoms with Gasteiger partial charge in [-0.3, -0.25) is 4.79 Å². The van der Waals surface area contributed by atoms with Crippen molar-refractivity contribution in [3.8, 4) is 5.75 Å². The van der Waals surface area contributed by atoms with Crippen molar-refractivity contribution < 1.29 is 9.53 Å². The zero-order valence-electron chi connectivity index (χ0n) is 9.76. The van der Waals surface area contributed by atoms with Gasteiger partial charge < -0.3 is 15.8 Å². The van der Waals surface area contributed by atoms with Crippen LogP contribution in [0.4, 0.5) is 11.4 Å². The number of nitrogens with two attached hydrogens (primary N) is 1. The zero-order valence-corrected chi connectivity index (χ0v) is 9.76. The number of amides is 1. The van der Waals surface area contributed by atoms with Crippen LogP contribution >= 0.6 is 0 Å². The fourth-order valence-corrected chi connectivity index (χ4v) is 1.66. The van der Waals surface area contributed by atoms with Crippen molar-refractivity contribution in [1.29, 1.82) is 0 Å². The molecule has 0 fully saturated rings. The molecule has 1 aliphatic heterocycles. The Morgan fingerprint density at radius 2 is 2.06 bits per heavy atom. The van der Waals surface area contributed by atoms with Gasteiger partial charge in [-0.2, -0.15) is 0 Å². The normalized spacial score (nSPS) is 15.1. The highest BCUT2D eigenvalue weighted by Gasteiger charge is 2.22. The quantitative estimate of drug-likeness (QED) is 0.656. The van der Waals surface area contributed by atoms with Crippen LogP contribution in [0.3, 0.4) is 0 Å². The van der Waals surface area contributed by atoms with Gasteiger partial charge >= 0.3 is 0 Å². The Morgan fingerprint density at radius 3 is 2.69 bits per heavy atom. The van der Waals surface area contributed by atoms with Crippen molar-refractivity contribution in [3.63, 3.8) is 0 Å². The Bertz CT molecular complexity index is 447. The van der Waals surface area contributed by atoms with E-state index in [4.69, 9.17) is 10.5 Å². The Morgan fingerprint density at radius 1 is 1.38 bits per heavy atom. The van der Waals surface area contributed by atoms with Crippen molar-refractivity contribution >= 4 is 17.3 Å². The highest BCUT2D eigenvalue weighted by atomic mass is 16.5.